The number of methoxy groups -OCH3 is 1. The van der Waals surface area contributed by atoms with E-state index in [9.17, 15) is 18.0 Å². The van der Waals surface area contributed by atoms with Gasteiger partial charge in [0.15, 0.2) is 6.61 Å². The van der Waals surface area contributed by atoms with E-state index in [4.69, 9.17) is 9.47 Å². The number of rotatable bonds is 10. The van der Waals surface area contributed by atoms with E-state index in [1.54, 1.807) is 0 Å². The third-order valence-corrected chi connectivity index (χ3v) is 6.94. The molecule has 1 aromatic rings. The van der Waals surface area contributed by atoms with Crippen molar-refractivity contribution >= 4 is 21.9 Å². The van der Waals surface area contributed by atoms with Gasteiger partial charge >= 0.3 is 5.97 Å². The highest BCUT2D eigenvalue weighted by atomic mass is 32.2. The van der Waals surface area contributed by atoms with Crippen LogP contribution in [0.15, 0.2) is 23.1 Å². The third-order valence-electron chi connectivity index (χ3n) is 5.02. The first-order chi connectivity index (χ1) is 14.4. The van der Waals surface area contributed by atoms with Gasteiger partial charge in [-0.15, -0.1) is 0 Å². The van der Waals surface area contributed by atoms with Crippen LogP contribution in [-0.2, 0) is 19.6 Å². The molecule has 1 aliphatic heterocycles. The average molecular weight is 441 g/mol. The number of hydrogen-bond donors (Lipinski definition) is 1. The summed E-state index contributed by atoms with van der Waals surface area (Å²) in [7, 11) is -2.43. The van der Waals surface area contributed by atoms with E-state index in [0.717, 1.165) is 44.9 Å². The summed E-state index contributed by atoms with van der Waals surface area (Å²) >= 11 is 0. The largest absolute Gasteiger partial charge is 0.495 e. The number of nitrogens with one attached hydrogen (secondary N) is 1. The Morgan fingerprint density at radius 2 is 1.80 bits per heavy atom. The second-order valence-electron chi connectivity index (χ2n) is 7.32. The van der Waals surface area contributed by atoms with Crippen molar-refractivity contribution < 1.29 is 27.5 Å². The zero-order valence-electron chi connectivity index (χ0n) is 17.8. The average Bonchev–Trinajstić information content (AvgIpc) is 3.05. The van der Waals surface area contributed by atoms with Gasteiger partial charge in [-0.1, -0.05) is 32.6 Å². The van der Waals surface area contributed by atoms with Crippen molar-refractivity contribution in [1.82, 2.24) is 9.62 Å². The van der Waals surface area contributed by atoms with E-state index in [0.29, 0.717) is 19.6 Å². The molecule has 2 rings (SSSR count). The molecule has 0 unspecified atom stereocenters. The van der Waals surface area contributed by atoms with Crippen LogP contribution < -0.4 is 10.1 Å². The standard InChI is InChI=1S/C21H32N2O6S/c1-3-4-7-12-22-20(24)16-29-21(25)17-10-11-18(28-2)19(15-17)30(26,27)23-13-8-5-6-9-14-23/h10-11,15H,3-9,12-14,16H2,1-2H3,(H,22,24). The molecule has 1 amide bonds. The molecule has 1 N–H and O–H groups in total. The quantitative estimate of drug-likeness (QED) is 0.443. The minimum Gasteiger partial charge on any atom is -0.495 e. The first-order valence-electron chi connectivity index (χ1n) is 10.5. The molecular formula is C21H32N2O6S. The van der Waals surface area contributed by atoms with Gasteiger partial charge in [0.25, 0.3) is 5.91 Å². The Morgan fingerprint density at radius 3 is 2.43 bits per heavy atom. The maximum atomic E-state index is 13.2. The summed E-state index contributed by atoms with van der Waals surface area (Å²) in [5, 5.41) is 2.69. The Balaban J connectivity index is 2.09. The molecule has 0 saturated carbocycles. The Bertz CT molecular complexity index is 817. The fraction of sp³-hybridized carbons (Fsp3) is 0.619. The van der Waals surface area contributed by atoms with Crippen molar-refractivity contribution in [3.05, 3.63) is 23.8 Å². The number of unbranched alkanes of at least 4 members (excludes halogenated alkanes) is 2. The van der Waals surface area contributed by atoms with Crippen molar-refractivity contribution in [3.63, 3.8) is 0 Å². The van der Waals surface area contributed by atoms with E-state index in [1.165, 1.54) is 29.6 Å². The number of sulfonamides is 1. The minimum absolute atomic E-state index is 0.0583. The lowest BCUT2D eigenvalue weighted by atomic mass is 10.2. The van der Waals surface area contributed by atoms with Crippen LogP contribution in [0.25, 0.3) is 0 Å². The summed E-state index contributed by atoms with van der Waals surface area (Å²) in [4.78, 5) is 24.1. The van der Waals surface area contributed by atoms with E-state index >= 15 is 0 Å². The zero-order chi connectivity index (χ0) is 22.0. The van der Waals surface area contributed by atoms with Crippen molar-refractivity contribution in [2.75, 3.05) is 33.4 Å². The number of carbonyl (C=O) groups excluding carboxylic acids is 2. The van der Waals surface area contributed by atoms with Gasteiger partial charge in [0.2, 0.25) is 10.0 Å². The molecule has 0 aliphatic carbocycles. The van der Waals surface area contributed by atoms with E-state index < -0.39 is 22.6 Å². The first-order valence-corrected chi connectivity index (χ1v) is 12.0. The van der Waals surface area contributed by atoms with Gasteiger partial charge in [-0.25, -0.2) is 13.2 Å². The number of amides is 1. The van der Waals surface area contributed by atoms with E-state index in [1.807, 2.05) is 0 Å². The summed E-state index contributed by atoms with van der Waals surface area (Å²) in [6.07, 6.45) is 6.52. The molecule has 1 heterocycles. The Kier molecular flexibility index (Phi) is 9.58. The van der Waals surface area contributed by atoms with Crippen LogP contribution in [0.1, 0.15) is 62.2 Å². The molecule has 9 heteroatoms. The third kappa shape index (κ3) is 6.70. The van der Waals surface area contributed by atoms with Crippen LogP contribution in [0.5, 0.6) is 5.75 Å². The summed E-state index contributed by atoms with van der Waals surface area (Å²) in [6, 6.07) is 4.13. The van der Waals surface area contributed by atoms with Crippen LogP contribution >= 0.6 is 0 Å². The van der Waals surface area contributed by atoms with Crippen LogP contribution in [-0.4, -0.2) is 58.0 Å². The minimum atomic E-state index is -3.81. The highest BCUT2D eigenvalue weighted by molar-refractivity contribution is 7.89. The molecule has 1 aliphatic rings. The molecule has 168 valence electrons. The monoisotopic (exact) mass is 440 g/mol. The van der Waals surface area contributed by atoms with Crippen LogP contribution in [0.2, 0.25) is 0 Å². The lowest BCUT2D eigenvalue weighted by Crippen LogP contribution is -2.32. The Hall–Kier alpha value is -2.13. The molecule has 1 fully saturated rings. The van der Waals surface area contributed by atoms with Gasteiger partial charge in [0.1, 0.15) is 10.6 Å². The number of ether oxygens (including phenoxy) is 2. The van der Waals surface area contributed by atoms with Crippen molar-refractivity contribution in [2.45, 2.75) is 56.8 Å². The van der Waals surface area contributed by atoms with Gasteiger partial charge in [-0.05, 0) is 37.5 Å². The number of nitrogens with zero attached hydrogens (tertiary/aromatic N) is 1. The Morgan fingerprint density at radius 1 is 1.10 bits per heavy atom. The molecule has 0 atom stereocenters. The number of hydrogen-bond acceptors (Lipinski definition) is 6. The van der Waals surface area contributed by atoms with Gasteiger partial charge in [0.05, 0.1) is 12.7 Å². The number of esters is 1. The summed E-state index contributed by atoms with van der Waals surface area (Å²) in [6.45, 7) is 3.08. The molecule has 0 bridgehead atoms. The molecule has 1 saturated heterocycles. The lowest BCUT2D eigenvalue weighted by molar-refractivity contribution is -0.124. The lowest BCUT2D eigenvalue weighted by Gasteiger charge is -2.21. The normalized spacial score (nSPS) is 15.3. The van der Waals surface area contributed by atoms with Crippen LogP contribution in [0.4, 0.5) is 0 Å². The fourth-order valence-corrected chi connectivity index (χ4v) is 4.99. The van der Waals surface area contributed by atoms with Gasteiger partial charge < -0.3 is 14.8 Å². The van der Waals surface area contributed by atoms with Gasteiger partial charge in [0, 0.05) is 19.6 Å². The summed E-state index contributed by atoms with van der Waals surface area (Å²) in [5.74, 6) is -0.969. The maximum absolute atomic E-state index is 13.2. The second kappa shape index (κ2) is 11.9. The van der Waals surface area contributed by atoms with E-state index in [2.05, 4.69) is 12.2 Å². The molecule has 0 aromatic heterocycles. The molecule has 30 heavy (non-hydrogen) atoms. The fourth-order valence-electron chi connectivity index (χ4n) is 3.29. The SMILES string of the molecule is CCCCCNC(=O)COC(=O)c1ccc(OC)c(S(=O)(=O)N2CCCCCC2)c1. The number of benzene rings is 1. The summed E-state index contributed by atoms with van der Waals surface area (Å²) in [5.41, 5.74) is 0.0583. The topological polar surface area (TPSA) is 102 Å². The first kappa shape index (κ1) is 24.1. The molecule has 1 aromatic carbocycles. The number of carbonyl (C=O) groups is 2. The predicted octanol–water partition coefficient (Wildman–Crippen LogP) is 2.72. The van der Waals surface area contributed by atoms with Crippen molar-refractivity contribution in [3.8, 4) is 5.75 Å². The zero-order valence-corrected chi connectivity index (χ0v) is 18.6. The maximum Gasteiger partial charge on any atom is 0.338 e. The van der Waals surface area contributed by atoms with Crippen molar-refractivity contribution in [2.24, 2.45) is 0 Å². The predicted molar refractivity (Wildman–Crippen MR) is 113 cm³/mol. The second-order valence-corrected chi connectivity index (χ2v) is 9.22. The molecule has 0 spiro atoms. The van der Waals surface area contributed by atoms with E-state index in [-0.39, 0.29) is 22.1 Å². The Labute approximate surface area is 179 Å². The highest BCUT2D eigenvalue weighted by Crippen LogP contribution is 2.29. The summed E-state index contributed by atoms with van der Waals surface area (Å²) < 4.78 is 38.0. The smallest absolute Gasteiger partial charge is 0.338 e. The van der Waals surface area contributed by atoms with Gasteiger partial charge in [-0.2, -0.15) is 4.31 Å². The molecule has 0 radical (unpaired) electrons. The molecule has 8 nitrogen and oxygen atoms in total. The van der Waals surface area contributed by atoms with Gasteiger partial charge in [-0.3, -0.25) is 4.79 Å². The van der Waals surface area contributed by atoms with Crippen LogP contribution in [0, 0.1) is 0 Å². The molecular weight excluding hydrogens is 408 g/mol. The highest BCUT2D eigenvalue weighted by Gasteiger charge is 2.29. The van der Waals surface area contributed by atoms with Crippen LogP contribution in [0.3, 0.4) is 0 Å². The van der Waals surface area contributed by atoms with Crippen molar-refractivity contribution in [1.29, 1.82) is 0 Å².